The molecule has 5 heteroatoms. The molecule has 0 fully saturated rings. The highest BCUT2D eigenvalue weighted by Gasteiger charge is 2.21. The summed E-state index contributed by atoms with van der Waals surface area (Å²) < 4.78 is 2.22. The molecule has 0 bridgehead atoms. The van der Waals surface area contributed by atoms with E-state index in [1.54, 1.807) is 0 Å². The van der Waals surface area contributed by atoms with E-state index in [1.165, 1.54) is 5.56 Å². The predicted octanol–water partition coefficient (Wildman–Crippen LogP) is 14.0. The van der Waals surface area contributed by atoms with Gasteiger partial charge in [-0.15, -0.1) is 0 Å². The van der Waals surface area contributed by atoms with Crippen molar-refractivity contribution in [3.8, 4) is 90.2 Å². The zero-order valence-electron chi connectivity index (χ0n) is 33.1. The molecule has 8 aromatic carbocycles. The van der Waals surface area contributed by atoms with Gasteiger partial charge in [0.25, 0.3) is 0 Å². The smallest absolute Gasteiger partial charge is 0.163 e. The van der Waals surface area contributed by atoms with Gasteiger partial charge in [-0.2, -0.15) is 0 Å². The van der Waals surface area contributed by atoms with Gasteiger partial charge in [0.05, 0.1) is 17.1 Å². The fourth-order valence-corrected chi connectivity index (χ4v) is 8.18. The monoisotopic (exact) mass is 779 g/mol. The van der Waals surface area contributed by atoms with Gasteiger partial charge in [-0.1, -0.05) is 218 Å². The van der Waals surface area contributed by atoms with E-state index in [9.17, 15) is 0 Å². The summed E-state index contributed by atoms with van der Waals surface area (Å²) in [5.41, 5.74) is 14.4. The van der Waals surface area contributed by atoms with E-state index in [0.717, 1.165) is 89.4 Å². The van der Waals surface area contributed by atoms with Gasteiger partial charge in [-0.25, -0.2) is 19.9 Å². The van der Waals surface area contributed by atoms with E-state index in [0.29, 0.717) is 11.6 Å². The van der Waals surface area contributed by atoms with Crippen molar-refractivity contribution in [1.29, 1.82) is 0 Å². The Bertz CT molecular complexity index is 3290. The quantitative estimate of drug-likeness (QED) is 0.154. The second-order valence-electron chi connectivity index (χ2n) is 15.1. The van der Waals surface area contributed by atoms with Gasteiger partial charge in [0.15, 0.2) is 11.6 Å². The molecule has 11 aromatic rings. The number of hydrogen-bond acceptors (Lipinski definition) is 4. The number of aromatic nitrogens is 5. The predicted molar refractivity (Wildman–Crippen MR) is 250 cm³/mol. The fourth-order valence-electron chi connectivity index (χ4n) is 8.18. The van der Waals surface area contributed by atoms with Crippen LogP contribution >= 0.6 is 0 Å². The van der Waals surface area contributed by atoms with Crippen molar-refractivity contribution >= 4 is 16.4 Å². The first-order valence-electron chi connectivity index (χ1n) is 20.5. The van der Waals surface area contributed by atoms with Crippen LogP contribution in [0.4, 0.5) is 0 Å². The normalized spacial score (nSPS) is 11.3. The van der Waals surface area contributed by atoms with Crippen molar-refractivity contribution in [3.63, 3.8) is 0 Å². The molecule has 0 saturated heterocycles. The molecule has 0 N–H and O–H groups in total. The van der Waals surface area contributed by atoms with Crippen molar-refractivity contribution in [1.82, 2.24) is 24.3 Å². The molecule has 0 aliphatic carbocycles. The third-order valence-electron chi connectivity index (χ3n) is 11.3. The summed E-state index contributed by atoms with van der Waals surface area (Å²) in [6.45, 7) is 0. The number of benzene rings is 8. The number of hydrogen-bond donors (Lipinski definition) is 0. The molecule has 286 valence electrons. The van der Waals surface area contributed by atoms with E-state index >= 15 is 0 Å². The fraction of sp³-hybridized carbons (Fsp3) is 0. The lowest BCUT2D eigenvalue weighted by Gasteiger charge is -2.12. The number of rotatable bonds is 8. The second-order valence-corrected chi connectivity index (χ2v) is 15.1. The highest BCUT2D eigenvalue weighted by atomic mass is 15.1. The molecule has 0 aliphatic heterocycles. The van der Waals surface area contributed by atoms with Gasteiger partial charge in [-0.3, -0.25) is 4.40 Å². The average Bonchev–Trinajstić information content (AvgIpc) is 3.69. The lowest BCUT2D eigenvalue weighted by Crippen LogP contribution is -2.03. The Morgan fingerprint density at radius 1 is 0.262 bits per heavy atom. The molecule has 3 aromatic heterocycles. The first-order valence-corrected chi connectivity index (χ1v) is 20.5. The Morgan fingerprint density at radius 3 is 1.15 bits per heavy atom. The van der Waals surface area contributed by atoms with Gasteiger partial charge in [0.1, 0.15) is 11.5 Å². The molecule has 5 nitrogen and oxygen atoms in total. The van der Waals surface area contributed by atoms with Gasteiger partial charge in [0, 0.05) is 38.6 Å². The van der Waals surface area contributed by atoms with Crippen LogP contribution in [0.1, 0.15) is 0 Å². The molecule has 0 unspecified atom stereocenters. The van der Waals surface area contributed by atoms with Crippen LogP contribution in [0.3, 0.4) is 0 Å². The zero-order valence-corrected chi connectivity index (χ0v) is 33.1. The van der Waals surface area contributed by atoms with Crippen LogP contribution in [0, 0.1) is 0 Å². The van der Waals surface area contributed by atoms with Gasteiger partial charge in [0.2, 0.25) is 0 Å². The molecule has 0 atom stereocenters. The molecular weight excluding hydrogens is 743 g/mol. The molecule has 0 amide bonds. The third-order valence-corrected chi connectivity index (χ3v) is 11.3. The molecule has 11 rings (SSSR count). The van der Waals surface area contributed by atoms with Crippen molar-refractivity contribution in [2.45, 2.75) is 0 Å². The molecule has 0 aliphatic rings. The molecular formula is C56H37N5. The number of fused-ring (bicyclic) bond motifs is 3. The summed E-state index contributed by atoms with van der Waals surface area (Å²) in [6.07, 6.45) is 0. The van der Waals surface area contributed by atoms with Crippen LogP contribution in [-0.2, 0) is 0 Å². The maximum Gasteiger partial charge on any atom is 0.163 e. The lowest BCUT2D eigenvalue weighted by atomic mass is 10.0. The third kappa shape index (κ3) is 6.84. The summed E-state index contributed by atoms with van der Waals surface area (Å²) in [4.78, 5) is 20.7. The van der Waals surface area contributed by atoms with Crippen LogP contribution in [0.15, 0.2) is 224 Å². The topological polar surface area (TPSA) is 56.0 Å². The Morgan fingerprint density at radius 2 is 0.623 bits per heavy atom. The molecule has 0 radical (unpaired) electrons. The summed E-state index contributed by atoms with van der Waals surface area (Å²) in [7, 11) is 0. The molecule has 0 saturated carbocycles. The summed E-state index contributed by atoms with van der Waals surface area (Å²) in [5.74, 6) is 2.22. The van der Waals surface area contributed by atoms with E-state index in [4.69, 9.17) is 19.9 Å². The minimum absolute atomic E-state index is 0.680. The number of nitrogens with zero attached hydrogens (tertiary/aromatic N) is 5. The van der Waals surface area contributed by atoms with Crippen molar-refractivity contribution in [3.05, 3.63) is 224 Å². The maximum absolute atomic E-state index is 5.29. The van der Waals surface area contributed by atoms with Crippen LogP contribution in [-0.4, -0.2) is 24.3 Å². The van der Waals surface area contributed by atoms with Crippen LogP contribution in [0.5, 0.6) is 0 Å². The van der Waals surface area contributed by atoms with Gasteiger partial charge >= 0.3 is 0 Å². The first-order chi connectivity index (χ1) is 30.2. The Balaban J connectivity index is 0.942. The second kappa shape index (κ2) is 15.5. The van der Waals surface area contributed by atoms with Gasteiger partial charge < -0.3 is 0 Å². The highest BCUT2D eigenvalue weighted by Crippen LogP contribution is 2.38. The van der Waals surface area contributed by atoms with Crippen molar-refractivity contribution in [2.24, 2.45) is 0 Å². The van der Waals surface area contributed by atoms with E-state index in [1.807, 2.05) is 30.3 Å². The van der Waals surface area contributed by atoms with Crippen LogP contribution < -0.4 is 0 Å². The van der Waals surface area contributed by atoms with E-state index < -0.39 is 0 Å². The minimum atomic E-state index is 0.680. The summed E-state index contributed by atoms with van der Waals surface area (Å²) >= 11 is 0. The zero-order chi connectivity index (χ0) is 40.5. The van der Waals surface area contributed by atoms with Crippen molar-refractivity contribution < 1.29 is 0 Å². The van der Waals surface area contributed by atoms with Crippen LogP contribution in [0.2, 0.25) is 0 Å². The van der Waals surface area contributed by atoms with E-state index in [-0.39, 0.29) is 0 Å². The largest absolute Gasteiger partial charge is 0.277 e. The first kappa shape index (κ1) is 35.8. The molecule has 0 spiro atoms. The Hall–Kier alpha value is -8.28. The summed E-state index contributed by atoms with van der Waals surface area (Å²) in [5, 5.41) is 2.23. The van der Waals surface area contributed by atoms with Crippen LogP contribution in [0.25, 0.3) is 107 Å². The van der Waals surface area contributed by atoms with Gasteiger partial charge in [-0.05, 0) is 33.9 Å². The summed E-state index contributed by atoms with van der Waals surface area (Å²) in [6, 6.07) is 77.9. The molecule has 61 heavy (non-hydrogen) atoms. The lowest BCUT2D eigenvalue weighted by molar-refractivity contribution is 1.05. The average molecular weight is 780 g/mol. The van der Waals surface area contributed by atoms with Crippen molar-refractivity contribution in [2.75, 3.05) is 0 Å². The van der Waals surface area contributed by atoms with E-state index in [2.05, 4.69) is 199 Å². The molecule has 3 heterocycles. The minimum Gasteiger partial charge on any atom is -0.277 e. The standard InChI is InChI=1S/C56H37N5/c1-5-15-38(16-6-1)39-27-33-45(34-28-39)53-57-50(42-17-7-2-8-18-42)37-51(58-53)43-31-25-40(26-32-43)41-29-35-46(36-30-41)54-59-55(47-21-11-4-12-22-47)61-52(44-19-9-3-10-20-44)48-23-13-14-24-49(48)56(61)60-54/h1-37H. The maximum atomic E-state index is 5.29. The SMILES string of the molecule is c1ccc(-c2ccc(-c3nc(-c4ccccc4)cc(-c4ccc(-c5ccc(-c6nc(-c7ccccc7)n7c(-c8ccccc8)c8ccccc8c7n6)cc5)cc4)n3)cc2)cc1. The Labute approximate surface area is 354 Å². The Kier molecular flexibility index (Phi) is 9.10. The highest BCUT2D eigenvalue weighted by molar-refractivity contribution is 6.06.